The molecule has 21 heavy (non-hydrogen) atoms. The maximum Gasteiger partial charge on any atom is 0.126 e. The predicted molar refractivity (Wildman–Crippen MR) is 78.4 cm³/mol. The van der Waals surface area contributed by atoms with Gasteiger partial charge < -0.3 is 4.57 Å². The summed E-state index contributed by atoms with van der Waals surface area (Å²) in [5.41, 5.74) is 3.64. The molecular weight excluding hydrogens is 265 g/mol. The number of pyridine rings is 1. The average molecular weight is 277 g/mol. The minimum atomic E-state index is -0.429. The van der Waals surface area contributed by atoms with E-state index in [0.717, 1.165) is 17.0 Å². The lowest BCUT2D eigenvalue weighted by atomic mass is 10.1. The third-order valence-corrected chi connectivity index (χ3v) is 3.29. The number of nitrogens with zero attached hydrogens (tertiary/aromatic N) is 3. The maximum atomic E-state index is 13.6. The van der Waals surface area contributed by atoms with Crippen molar-refractivity contribution < 1.29 is 4.39 Å². The van der Waals surface area contributed by atoms with E-state index in [0.29, 0.717) is 11.3 Å². The number of hydrogen-bond acceptors (Lipinski definition) is 2. The van der Waals surface area contributed by atoms with Gasteiger partial charge in [-0.05, 0) is 48.9 Å². The lowest BCUT2D eigenvalue weighted by Crippen LogP contribution is -1.99. The van der Waals surface area contributed by atoms with Crippen LogP contribution in [0, 0.1) is 24.1 Å². The molecule has 0 fully saturated rings. The van der Waals surface area contributed by atoms with Gasteiger partial charge in [-0.3, -0.25) is 4.98 Å². The molecule has 3 rings (SSSR count). The van der Waals surface area contributed by atoms with E-state index in [1.807, 2.05) is 48.0 Å². The first-order chi connectivity index (χ1) is 10.2. The molecule has 4 heteroatoms. The molecule has 1 aromatic carbocycles. The first kappa shape index (κ1) is 13.1. The van der Waals surface area contributed by atoms with Crippen LogP contribution in [0.25, 0.3) is 17.1 Å². The van der Waals surface area contributed by atoms with Crippen LogP contribution in [0.4, 0.5) is 4.39 Å². The van der Waals surface area contributed by atoms with Crippen molar-refractivity contribution in [3.63, 3.8) is 0 Å². The number of halogens is 1. The number of rotatable bonds is 2. The molecular formula is C17H12FN3. The van der Waals surface area contributed by atoms with E-state index in [9.17, 15) is 4.39 Å². The molecule has 0 aliphatic carbocycles. The quantitative estimate of drug-likeness (QED) is 0.713. The lowest BCUT2D eigenvalue weighted by molar-refractivity contribution is 0.626. The topological polar surface area (TPSA) is 41.6 Å². The Kier molecular flexibility index (Phi) is 3.25. The Labute approximate surface area is 121 Å². The second kappa shape index (κ2) is 5.22. The van der Waals surface area contributed by atoms with E-state index in [1.54, 1.807) is 12.3 Å². The largest absolute Gasteiger partial charge is 0.315 e. The predicted octanol–water partition coefficient (Wildman–Crippen LogP) is 3.86. The molecule has 2 heterocycles. The summed E-state index contributed by atoms with van der Waals surface area (Å²) in [6.45, 7) is 1.98. The number of aromatic nitrogens is 2. The summed E-state index contributed by atoms with van der Waals surface area (Å²) in [5.74, 6) is -0.429. The molecule has 0 amide bonds. The van der Waals surface area contributed by atoms with Crippen LogP contribution in [-0.2, 0) is 0 Å². The minimum Gasteiger partial charge on any atom is -0.315 e. The first-order valence-corrected chi connectivity index (χ1v) is 6.49. The Balaban J connectivity index is 2.19. The summed E-state index contributed by atoms with van der Waals surface area (Å²) >= 11 is 0. The summed E-state index contributed by atoms with van der Waals surface area (Å²) in [6.07, 6.45) is 3.56. The Morgan fingerprint density at radius 3 is 2.81 bits per heavy atom. The third kappa shape index (κ3) is 2.41. The van der Waals surface area contributed by atoms with Crippen LogP contribution >= 0.6 is 0 Å². The monoisotopic (exact) mass is 277 g/mol. The highest BCUT2D eigenvalue weighted by molar-refractivity contribution is 5.62. The van der Waals surface area contributed by atoms with Gasteiger partial charge in [0.2, 0.25) is 0 Å². The molecule has 3 nitrogen and oxygen atoms in total. The molecule has 0 spiro atoms. The second-order valence-electron chi connectivity index (χ2n) is 4.74. The first-order valence-electron chi connectivity index (χ1n) is 6.49. The molecule has 0 aliphatic rings. The number of aryl methyl sites for hydroxylation is 1. The van der Waals surface area contributed by atoms with E-state index >= 15 is 0 Å². The minimum absolute atomic E-state index is 0.294. The van der Waals surface area contributed by atoms with Gasteiger partial charge in [0.15, 0.2) is 0 Å². The highest BCUT2D eigenvalue weighted by atomic mass is 19.1. The summed E-state index contributed by atoms with van der Waals surface area (Å²) < 4.78 is 15.5. The van der Waals surface area contributed by atoms with Crippen molar-refractivity contribution in [3.8, 4) is 23.1 Å². The van der Waals surface area contributed by atoms with E-state index in [1.165, 1.54) is 12.1 Å². The SMILES string of the molecule is Cc1cccnc1-c1cccn1-c1cc(F)cc(C#N)c1. The molecule has 0 bridgehead atoms. The van der Waals surface area contributed by atoms with Crippen LogP contribution in [-0.4, -0.2) is 9.55 Å². The van der Waals surface area contributed by atoms with Crippen molar-refractivity contribution in [1.82, 2.24) is 9.55 Å². The van der Waals surface area contributed by atoms with Crippen molar-refractivity contribution in [2.45, 2.75) is 6.92 Å². The zero-order valence-electron chi connectivity index (χ0n) is 11.4. The van der Waals surface area contributed by atoms with Gasteiger partial charge in [0.25, 0.3) is 0 Å². The van der Waals surface area contributed by atoms with Crippen LogP contribution in [0.3, 0.4) is 0 Å². The normalized spacial score (nSPS) is 10.3. The highest BCUT2D eigenvalue weighted by Crippen LogP contribution is 2.25. The van der Waals surface area contributed by atoms with Gasteiger partial charge in [-0.15, -0.1) is 0 Å². The molecule has 0 atom stereocenters. The molecule has 0 saturated carbocycles. The van der Waals surface area contributed by atoms with Gasteiger partial charge in [-0.2, -0.15) is 5.26 Å². The van der Waals surface area contributed by atoms with E-state index in [2.05, 4.69) is 4.98 Å². The molecule has 102 valence electrons. The summed E-state index contributed by atoms with van der Waals surface area (Å²) in [4.78, 5) is 4.39. The third-order valence-electron chi connectivity index (χ3n) is 3.29. The van der Waals surface area contributed by atoms with E-state index < -0.39 is 5.82 Å². The van der Waals surface area contributed by atoms with Gasteiger partial charge in [-0.1, -0.05) is 6.07 Å². The Morgan fingerprint density at radius 1 is 1.19 bits per heavy atom. The van der Waals surface area contributed by atoms with Crippen LogP contribution in [0.5, 0.6) is 0 Å². The Morgan fingerprint density at radius 2 is 2.05 bits per heavy atom. The van der Waals surface area contributed by atoms with Crippen molar-refractivity contribution in [3.05, 3.63) is 71.8 Å². The number of hydrogen-bond donors (Lipinski definition) is 0. The van der Waals surface area contributed by atoms with Crippen LogP contribution in [0.1, 0.15) is 11.1 Å². The highest BCUT2D eigenvalue weighted by Gasteiger charge is 2.11. The Hall–Kier alpha value is -2.93. The molecule has 0 N–H and O–H groups in total. The van der Waals surface area contributed by atoms with Crippen molar-refractivity contribution in [2.24, 2.45) is 0 Å². The summed E-state index contributed by atoms with van der Waals surface area (Å²) in [5, 5.41) is 8.98. The lowest BCUT2D eigenvalue weighted by Gasteiger charge is -2.11. The Bertz CT molecular complexity index is 843. The van der Waals surface area contributed by atoms with Crippen LogP contribution in [0.2, 0.25) is 0 Å². The van der Waals surface area contributed by atoms with Gasteiger partial charge in [0, 0.05) is 18.1 Å². The smallest absolute Gasteiger partial charge is 0.126 e. The molecule has 0 saturated heterocycles. The van der Waals surface area contributed by atoms with Crippen LogP contribution in [0.15, 0.2) is 54.9 Å². The molecule has 0 unspecified atom stereocenters. The summed E-state index contributed by atoms with van der Waals surface area (Å²) in [6, 6.07) is 13.9. The number of nitriles is 1. The molecule has 2 aromatic heterocycles. The van der Waals surface area contributed by atoms with Gasteiger partial charge in [0.05, 0.1) is 23.0 Å². The van der Waals surface area contributed by atoms with Gasteiger partial charge in [0.1, 0.15) is 5.82 Å². The van der Waals surface area contributed by atoms with E-state index in [4.69, 9.17) is 5.26 Å². The molecule has 0 aliphatic heterocycles. The van der Waals surface area contributed by atoms with Crippen molar-refractivity contribution in [1.29, 1.82) is 5.26 Å². The van der Waals surface area contributed by atoms with Gasteiger partial charge >= 0.3 is 0 Å². The second-order valence-corrected chi connectivity index (χ2v) is 4.74. The van der Waals surface area contributed by atoms with Crippen LogP contribution < -0.4 is 0 Å². The average Bonchev–Trinajstić information content (AvgIpc) is 2.96. The zero-order valence-corrected chi connectivity index (χ0v) is 11.4. The molecule has 0 radical (unpaired) electrons. The fraction of sp³-hybridized carbons (Fsp3) is 0.0588. The zero-order chi connectivity index (χ0) is 14.8. The molecule has 3 aromatic rings. The standard InChI is InChI=1S/C17H12FN3/c1-12-4-2-6-20-17(12)16-5-3-7-21(16)15-9-13(11-19)8-14(18)10-15/h2-10H,1H3. The van der Waals surface area contributed by atoms with Gasteiger partial charge in [-0.25, -0.2) is 4.39 Å². The number of benzene rings is 1. The maximum absolute atomic E-state index is 13.6. The fourth-order valence-electron chi connectivity index (χ4n) is 2.33. The summed E-state index contributed by atoms with van der Waals surface area (Å²) in [7, 11) is 0. The van der Waals surface area contributed by atoms with E-state index in [-0.39, 0.29) is 0 Å². The van der Waals surface area contributed by atoms with Crippen molar-refractivity contribution in [2.75, 3.05) is 0 Å². The van der Waals surface area contributed by atoms with Crippen molar-refractivity contribution >= 4 is 0 Å². The fourth-order valence-corrected chi connectivity index (χ4v) is 2.33.